The lowest BCUT2D eigenvalue weighted by molar-refractivity contribution is 0.528. The lowest BCUT2D eigenvalue weighted by atomic mass is 10.3. The SMILES string of the molecule is CC(NCc1cn(C)cn1)c1nc2ccccc2n1C. The summed E-state index contributed by atoms with van der Waals surface area (Å²) < 4.78 is 4.10. The van der Waals surface area contributed by atoms with Gasteiger partial charge >= 0.3 is 0 Å². The molecule has 1 N–H and O–H groups in total. The molecule has 0 amide bonds. The first-order chi connectivity index (χ1) is 9.65. The molecule has 1 atom stereocenters. The van der Waals surface area contributed by atoms with Crippen LogP contribution in [0, 0.1) is 0 Å². The molecule has 0 aliphatic heterocycles. The molecule has 0 saturated heterocycles. The molecule has 0 spiro atoms. The van der Waals surface area contributed by atoms with E-state index in [1.54, 1.807) is 0 Å². The van der Waals surface area contributed by atoms with Crippen molar-refractivity contribution >= 4 is 11.0 Å². The number of aryl methyl sites for hydroxylation is 2. The highest BCUT2D eigenvalue weighted by Crippen LogP contribution is 2.19. The molecule has 0 saturated carbocycles. The lowest BCUT2D eigenvalue weighted by Crippen LogP contribution is -2.21. The second-order valence-electron chi connectivity index (χ2n) is 5.15. The summed E-state index contributed by atoms with van der Waals surface area (Å²) in [5.74, 6) is 1.04. The number of nitrogens with zero attached hydrogens (tertiary/aromatic N) is 4. The van der Waals surface area contributed by atoms with Gasteiger partial charge in [-0.3, -0.25) is 0 Å². The molecule has 0 bridgehead atoms. The molecule has 3 aromatic rings. The van der Waals surface area contributed by atoms with Gasteiger partial charge in [-0.25, -0.2) is 9.97 Å². The quantitative estimate of drug-likeness (QED) is 0.789. The zero-order valence-corrected chi connectivity index (χ0v) is 12.0. The molecule has 2 aromatic heterocycles. The van der Waals surface area contributed by atoms with Crippen LogP contribution in [0.25, 0.3) is 11.0 Å². The molecule has 5 heteroatoms. The Kier molecular flexibility index (Phi) is 3.28. The third kappa shape index (κ3) is 2.32. The van der Waals surface area contributed by atoms with Crippen LogP contribution in [0.1, 0.15) is 24.5 Å². The smallest absolute Gasteiger partial charge is 0.126 e. The van der Waals surface area contributed by atoms with Gasteiger partial charge < -0.3 is 14.5 Å². The fourth-order valence-electron chi connectivity index (χ4n) is 2.46. The van der Waals surface area contributed by atoms with Crippen molar-refractivity contribution in [3.05, 3.63) is 48.3 Å². The Morgan fingerprint density at radius 2 is 2.05 bits per heavy atom. The Morgan fingerprint density at radius 1 is 1.25 bits per heavy atom. The molecule has 0 aliphatic rings. The van der Waals surface area contributed by atoms with E-state index in [-0.39, 0.29) is 6.04 Å². The predicted molar refractivity (Wildman–Crippen MR) is 79.2 cm³/mol. The van der Waals surface area contributed by atoms with Crippen molar-refractivity contribution < 1.29 is 0 Å². The monoisotopic (exact) mass is 269 g/mol. The summed E-state index contributed by atoms with van der Waals surface area (Å²) in [5, 5.41) is 3.47. The van der Waals surface area contributed by atoms with Crippen molar-refractivity contribution in [1.29, 1.82) is 0 Å². The molecular formula is C15H19N5. The fourth-order valence-corrected chi connectivity index (χ4v) is 2.46. The number of para-hydroxylation sites is 2. The fraction of sp³-hybridized carbons (Fsp3) is 0.333. The van der Waals surface area contributed by atoms with Gasteiger partial charge in [-0.15, -0.1) is 0 Å². The van der Waals surface area contributed by atoms with Gasteiger partial charge in [-0.05, 0) is 19.1 Å². The maximum atomic E-state index is 4.70. The van der Waals surface area contributed by atoms with Crippen LogP contribution in [0.3, 0.4) is 0 Å². The van der Waals surface area contributed by atoms with E-state index in [1.165, 1.54) is 0 Å². The number of nitrogens with one attached hydrogen (secondary N) is 1. The van der Waals surface area contributed by atoms with Gasteiger partial charge in [0.2, 0.25) is 0 Å². The third-order valence-corrected chi connectivity index (χ3v) is 3.56. The minimum atomic E-state index is 0.175. The van der Waals surface area contributed by atoms with Crippen LogP contribution in [0.4, 0.5) is 0 Å². The molecule has 1 aromatic carbocycles. The normalized spacial score (nSPS) is 12.9. The molecule has 5 nitrogen and oxygen atoms in total. The molecule has 20 heavy (non-hydrogen) atoms. The van der Waals surface area contributed by atoms with Gasteiger partial charge in [-0.1, -0.05) is 12.1 Å². The summed E-state index contributed by atoms with van der Waals surface area (Å²) in [4.78, 5) is 9.02. The van der Waals surface area contributed by atoms with E-state index < -0.39 is 0 Å². The average Bonchev–Trinajstić information content (AvgIpc) is 3.01. The number of benzene rings is 1. The van der Waals surface area contributed by atoms with E-state index >= 15 is 0 Å². The average molecular weight is 269 g/mol. The number of hydrogen-bond acceptors (Lipinski definition) is 3. The minimum absolute atomic E-state index is 0.175. The Labute approximate surface area is 118 Å². The lowest BCUT2D eigenvalue weighted by Gasteiger charge is -2.12. The summed E-state index contributed by atoms with van der Waals surface area (Å²) in [6.07, 6.45) is 3.84. The molecule has 0 fully saturated rings. The molecule has 0 aliphatic carbocycles. The van der Waals surface area contributed by atoms with E-state index in [2.05, 4.69) is 34.9 Å². The Balaban J connectivity index is 1.78. The maximum Gasteiger partial charge on any atom is 0.126 e. The standard InChI is InChI=1S/C15H19N5/c1-11(16-8-12-9-19(2)10-17-12)15-18-13-6-4-5-7-14(13)20(15)3/h4-7,9-11,16H,8H2,1-3H3. The second kappa shape index (κ2) is 5.09. The maximum absolute atomic E-state index is 4.70. The highest BCUT2D eigenvalue weighted by Gasteiger charge is 2.13. The molecule has 1 unspecified atom stereocenters. The zero-order chi connectivity index (χ0) is 14.1. The van der Waals surface area contributed by atoms with Crippen molar-refractivity contribution in [3.63, 3.8) is 0 Å². The van der Waals surface area contributed by atoms with E-state index in [0.717, 1.165) is 29.1 Å². The third-order valence-electron chi connectivity index (χ3n) is 3.56. The first-order valence-corrected chi connectivity index (χ1v) is 6.76. The van der Waals surface area contributed by atoms with Gasteiger partial charge in [0.25, 0.3) is 0 Å². The van der Waals surface area contributed by atoms with Crippen molar-refractivity contribution in [2.24, 2.45) is 14.1 Å². The molecule has 2 heterocycles. The minimum Gasteiger partial charge on any atom is -0.340 e. The summed E-state index contributed by atoms with van der Waals surface area (Å²) in [6.45, 7) is 2.87. The highest BCUT2D eigenvalue weighted by molar-refractivity contribution is 5.75. The van der Waals surface area contributed by atoms with Crippen molar-refractivity contribution in [3.8, 4) is 0 Å². The zero-order valence-electron chi connectivity index (χ0n) is 12.0. The van der Waals surface area contributed by atoms with Crippen molar-refractivity contribution in [1.82, 2.24) is 24.4 Å². The van der Waals surface area contributed by atoms with Crippen LogP contribution in [-0.4, -0.2) is 19.1 Å². The van der Waals surface area contributed by atoms with Gasteiger partial charge in [0, 0.05) is 26.8 Å². The summed E-state index contributed by atoms with van der Waals surface area (Å²) in [5.41, 5.74) is 3.24. The summed E-state index contributed by atoms with van der Waals surface area (Å²) >= 11 is 0. The van der Waals surface area contributed by atoms with Crippen LogP contribution in [0.2, 0.25) is 0 Å². The first-order valence-electron chi connectivity index (χ1n) is 6.76. The van der Waals surface area contributed by atoms with Gasteiger partial charge in [-0.2, -0.15) is 0 Å². The number of aromatic nitrogens is 4. The topological polar surface area (TPSA) is 47.7 Å². The Bertz CT molecular complexity index is 725. The molecule has 104 valence electrons. The van der Waals surface area contributed by atoms with Gasteiger partial charge in [0.05, 0.1) is 29.1 Å². The first kappa shape index (κ1) is 12.9. The van der Waals surface area contributed by atoms with E-state index in [1.807, 2.05) is 42.3 Å². The molecule has 0 radical (unpaired) electrons. The van der Waals surface area contributed by atoms with Crippen molar-refractivity contribution in [2.75, 3.05) is 0 Å². The van der Waals surface area contributed by atoms with Crippen molar-refractivity contribution in [2.45, 2.75) is 19.5 Å². The summed E-state index contributed by atoms with van der Waals surface area (Å²) in [7, 11) is 4.04. The van der Waals surface area contributed by atoms with Crippen LogP contribution in [0.5, 0.6) is 0 Å². The van der Waals surface area contributed by atoms with Crippen LogP contribution < -0.4 is 5.32 Å². The van der Waals surface area contributed by atoms with E-state index in [4.69, 9.17) is 4.98 Å². The van der Waals surface area contributed by atoms with Crippen LogP contribution >= 0.6 is 0 Å². The van der Waals surface area contributed by atoms with E-state index in [0.29, 0.717) is 0 Å². The van der Waals surface area contributed by atoms with Gasteiger partial charge in [0.1, 0.15) is 5.82 Å². The van der Waals surface area contributed by atoms with Crippen LogP contribution in [-0.2, 0) is 20.6 Å². The molecule has 3 rings (SSSR count). The predicted octanol–water partition coefficient (Wildman–Crippen LogP) is 2.16. The highest BCUT2D eigenvalue weighted by atomic mass is 15.1. The largest absolute Gasteiger partial charge is 0.340 e. The second-order valence-corrected chi connectivity index (χ2v) is 5.15. The molecular weight excluding hydrogens is 250 g/mol. The number of rotatable bonds is 4. The number of hydrogen-bond donors (Lipinski definition) is 1. The van der Waals surface area contributed by atoms with E-state index in [9.17, 15) is 0 Å². The summed E-state index contributed by atoms with van der Waals surface area (Å²) in [6, 6.07) is 8.38. The number of imidazole rings is 2. The number of fused-ring (bicyclic) bond motifs is 1. The Hall–Kier alpha value is -2.14. The van der Waals surface area contributed by atoms with Gasteiger partial charge in [0.15, 0.2) is 0 Å². The Morgan fingerprint density at radius 3 is 2.75 bits per heavy atom. The van der Waals surface area contributed by atoms with Crippen LogP contribution in [0.15, 0.2) is 36.8 Å².